The predicted octanol–water partition coefficient (Wildman–Crippen LogP) is 0.556. The third-order valence-corrected chi connectivity index (χ3v) is 3.97. The Kier molecular flexibility index (Phi) is 5.14. The number of nitrogens with one attached hydrogen (secondary N) is 1. The van der Waals surface area contributed by atoms with Gasteiger partial charge in [0.1, 0.15) is 0 Å². The van der Waals surface area contributed by atoms with Crippen LogP contribution in [0.15, 0.2) is 23.1 Å². The van der Waals surface area contributed by atoms with Crippen molar-refractivity contribution in [2.45, 2.75) is 25.9 Å². The Hall–Kier alpha value is -1.66. The number of piperazine rings is 1. The van der Waals surface area contributed by atoms with Crippen molar-refractivity contribution in [2.24, 2.45) is 0 Å². The molecule has 2 heterocycles. The Morgan fingerprint density at radius 3 is 2.52 bits per heavy atom. The Labute approximate surface area is 124 Å². The number of H-pyrrole nitrogens is 1. The van der Waals surface area contributed by atoms with Crippen LogP contribution in [0.3, 0.4) is 0 Å². The normalized spacial score (nSPS) is 23.3. The predicted molar refractivity (Wildman–Crippen MR) is 80.5 cm³/mol. The number of carbonyl (C=O) groups excluding carboxylic acids is 1. The molecule has 1 aromatic rings. The first-order chi connectivity index (χ1) is 10.0. The molecular weight excluding hydrogens is 270 g/mol. The highest BCUT2D eigenvalue weighted by molar-refractivity contribution is 5.94. The van der Waals surface area contributed by atoms with E-state index in [2.05, 4.69) is 23.7 Å². The molecule has 0 saturated carbocycles. The maximum Gasteiger partial charge on any atom is 0.255 e. The van der Waals surface area contributed by atoms with E-state index in [0.717, 1.165) is 6.54 Å². The molecule has 6 nitrogen and oxygen atoms in total. The first-order valence-electron chi connectivity index (χ1n) is 7.25. The van der Waals surface area contributed by atoms with E-state index < -0.39 is 0 Å². The molecule has 21 heavy (non-hydrogen) atoms. The zero-order chi connectivity index (χ0) is 15.4. The molecule has 116 valence electrons. The average Bonchev–Trinajstić information content (AvgIpc) is 2.46. The second-order valence-corrected chi connectivity index (χ2v) is 5.58. The number of aromatic nitrogens is 1. The number of carbonyl (C=O) groups is 1. The summed E-state index contributed by atoms with van der Waals surface area (Å²) in [4.78, 5) is 30.3. The van der Waals surface area contributed by atoms with E-state index in [1.54, 1.807) is 13.2 Å². The molecule has 1 aliphatic rings. The molecule has 0 aliphatic carbocycles. The van der Waals surface area contributed by atoms with Crippen molar-refractivity contribution in [1.82, 2.24) is 14.8 Å². The summed E-state index contributed by atoms with van der Waals surface area (Å²) in [7, 11) is 1.70. The van der Waals surface area contributed by atoms with Gasteiger partial charge in [0.05, 0.1) is 12.2 Å². The second kappa shape index (κ2) is 6.87. The average molecular weight is 293 g/mol. The highest BCUT2D eigenvalue weighted by Gasteiger charge is 2.31. The lowest BCUT2D eigenvalue weighted by atomic mass is 10.1. The van der Waals surface area contributed by atoms with Crippen LogP contribution in [0.2, 0.25) is 0 Å². The van der Waals surface area contributed by atoms with Crippen molar-refractivity contribution < 1.29 is 9.53 Å². The smallest absolute Gasteiger partial charge is 0.255 e. The summed E-state index contributed by atoms with van der Waals surface area (Å²) in [5, 5.41) is 0. The number of amides is 1. The van der Waals surface area contributed by atoms with Gasteiger partial charge in [0, 0.05) is 51.1 Å². The Bertz CT molecular complexity index is 511. The number of hydrogen-bond donors (Lipinski definition) is 1. The van der Waals surface area contributed by atoms with Crippen molar-refractivity contribution in [1.29, 1.82) is 0 Å². The number of ether oxygens (including phenoxy) is 1. The third-order valence-electron chi connectivity index (χ3n) is 3.97. The quantitative estimate of drug-likeness (QED) is 0.881. The van der Waals surface area contributed by atoms with Gasteiger partial charge in [-0.25, -0.2) is 0 Å². The maximum absolute atomic E-state index is 12.5. The molecule has 0 aromatic carbocycles. The summed E-state index contributed by atoms with van der Waals surface area (Å²) in [5.41, 5.74) is 0.331. The zero-order valence-electron chi connectivity index (χ0n) is 12.8. The van der Waals surface area contributed by atoms with E-state index in [1.165, 1.54) is 12.3 Å². The van der Waals surface area contributed by atoms with Crippen LogP contribution in [0.25, 0.3) is 0 Å². The highest BCUT2D eigenvalue weighted by Crippen LogP contribution is 2.17. The number of methoxy groups -OCH3 is 1. The lowest BCUT2D eigenvalue weighted by Crippen LogP contribution is -2.58. The second-order valence-electron chi connectivity index (χ2n) is 5.58. The van der Waals surface area contributed by atoms with Gasteiger partial charge >= 0.3 is 0 Å². The van der Waals surface area contributed by atoms with Crippen LogP contribution in [0.4, 0.5) is 0 Å². The van der Waals surface area contributed by atoms with E-state index >= 15 is 0 Å². The molecule has 1 aliphatic heterocycles. The molecular formula is C15H23N3O3. The molecule has 0 spiro atoms. The monoisotopic (exact) mass is 293 g/mol. The molecule has 1 aromatic heterocycles. The molecule has 1 N–H and O–H groups in total. The van der Waals surface area contributed by atoms with E-state index in [1.807, 2.05) is 4.90 Å². The van der Waals surface area contributed by atoms with Gasteiger partial charge in [0.25, 0.3) is 5.91 Å². The molecule has 0 bridgehead atoms. The largest absolute Gasteiger partial charge is 0.383 e. The maximum atomic E-state index is 12.5. The molecule has 1 amide bonds. The minimum Gasteiger partial charge on any atom is -0.383 e. The summed E-state index contributed by atoms with van der Waals surface area (Å²) in [6, 6.07) is 3.54. The number of pyridine rings is 1. The highest BCUT2D eigenvalue weighted by atomic mass is 16.5. The van der Waals surface area contributed by atoms with E-state index in [0.29, 0.717) is 25.3 Å². The Morgan fingerprint density at radius 2 is 2.00 bits per heavy atom. The fourth-order valence-corrected chi connectivity index (χ4v) is 2.89. The Morgan fingerprint density at radius 1 is 1.33 bits per heavy atom. The van der Waals surface area contributed by atoms with E-state index in [9.17, 15) is 9.59 Å². The number of hydrogen-bond acceptors (Lipinski definition) is 4. The van der Waals surface area contributed by atoms with Crippen molar-refractivity contribution in [2.75, 3.05) is 33.4 Å². The van der Waals surface area contributed by atoms with Crippen LogP contribution in [0, 0.1) is 0 Å². The summed E-state index contributed by atoms with van der Waals surface area (Å²) >= 11 is 0. The number of aromatic amines is 1. The van der Waals surface area contributed by atoms with Crippen molar-refractivity contribution in [3.8, 4) is 0 Å². The van der Waals surface area contributed by atoms with Crippen molar-refractivity contribution in [3.05, 3.63) is 34.2 Å². The van der Waals surface area contributed by atoms with Crippen LogP contribution in [-0.4, -0.2) is 66.1 Å². The van der Waals surface area contributed by atoms with Gasteiger partial charge in [-0.15, -0.1) is 0 Å². The van der Waals surface area contributed by atoms with Gasteiger partial charge in [-0.2, -0.15) is 0 Å². The minimum absolute atomic E-state index is 0.0312. The topological polar surface area (TPSA) is 65.6 Å². The summed E-state index contributed by atoms with van der Waals surface area (Å²) < 4.78 is 5.14. The number of nitrogens with zero attached hydrogens (tertiary/aromatic N) is 2. The van der Waals surface area contributed by atoms with Gasteiger partial charge in [-0.1, -0.05) is 0 Å². The molecule has 1 fully saturated rings. The lowest BCUT2D eigenvalue weighted by molar-refractivity contribution is 0.0193. The van der Waals surface area contributed by atoms with Crippen LogP contribution in [0.5, 0.6) is 0 Å². The summed E-state index contributed by atoms with van der Waals surface area (Å²) in [5.74, 6) is -0.0312. The third kappa shape index (κ3) is 3.71. The van der Waals surface area contributed by atoms with Crippen LogP contribution < -0.4 is 5.56 Å². The van der Waals surface area contributed by atoms with Crippen LogP contribution in [-0.2, 0) is 4.74 Å². The van der Waals surface area contributed by atoms with Crippen molar-refractivity contribution in [3.63, 3.8) is 0 Å². The summed E-state index contributed by atoms with van der Waals surface area (Å²) in [6.45, 7) is 7.19. The SMILES string of the molecule is COCCN1C(C)CN(C(=O)c2ccc(=O)[nH]c2)CC1C. The lowest BCUT2D eigenvalue weighted by Gasteiger charge is -2.44. The van der Waals surface area contributed by atoms with Crippen molar-refractivity contribution >= 4 is 5.91 Å². The molecule has 1 saturated heterocycles. The fraction of sp³-hybridized carbons (Fsp3) is 0.600. The first-order valence-corrected chi connectivity index (χ1v) is 7.25. The van der Waals surface area contributed by atoms with Crippen LogP contribution >= 0.6 is 0 Å². The minimum atomic E-state index is -0.197. The molecule has 2 atom stereocenters. The first kappa shape index (κ1) is 15.7. The van der Waals surface area contributed by atoms with E-state index in [4.69, 9.17) is 4.74 Å². The fourth-order valence-electron chi connectivity index (χ4n) is 2.89. The van der Waals surface area contributed by atoms with E-state index in [-0.39, 0.29) is 23.6 Å². The van der Waals surface area contributed by atoms with Gasteiger partial charge in [0.2, 0.25) is 5.56 Å². The molecule has 0 radical (unpaired) electrons. The molecule has 2 rings (SSSR count). The molecule has 2 unspecified atom stereocenters. The Balaban J connectivity index is 2.04. The van der Waals surface area contributed by atoms with Gasteiger partial charge in [-0.3, -0.25) is 14.5 Å². The van der Waals surface area contributed by atoms with Gasteiger partial charge in [0.15, 0.2) is 0 Å². The summed E-state index contributed by atoms with van der Waals surface area (Å²) in [6.07, 6.45) is 1.48. The van der Waals surface area contributed by atoms with Crippen LogP contribution in [0.1, 0.15) is 24.2 Å². The zero-order valence-corrected chi connectivity index (χ0v) is 12.8. The molecule has 6 heteroatoms. The van der Waals surface area contributed by atoms with Gasteiger partial charge in [-0.05, 0) is 19.9 Å². The number of rotatable bonds is 4. The standard InChI is InChI=1S/C15H23N3O3/c1-11-9-17(10-12(2)18(11)6-7-21-3)15(20)13-4-5-14(19)16-8-13/h4-5,8,11-12H,6-7,9-10H2,1-3H3,(H,16,19). The van der Waals surface area contributed by atoms with Gasteiger partial charge < -0.3 is 14.6 Å².